The van der Waals surface area contributed by atoms with Crippen molar-refractivity contribution in [2.75, 3.05) is 45.2 Å². The van der Waals surface area contributed by atoms with E-state index in [0.717, 1.165) is 37.2 Å². The summed E-state index contributed by atoms with van der Waals surface area (Å²) >= 11 is 3.62. The molecule has 0 bridgehead atoms. The van der Waals surface area contributed by atoms with Crippen LogP contribution in [0.15, 0.2) is 22.7 Å². The maximum atomic E-state index is 3.62. The fraction of sp³-hybridized carbons (Fsp3) is 0.647. The van der Waals surface area contributed by atoms with Gasteiger partial charge in [-0.2, -0.15) is 0 Å². The van der Waals surface area contributed by atoms with E-state index in [1.807, 2.05) is 0 Å². The lowest BCUT2D eigenvalue weighted by Crippen LogP contribution is -2.33. The Balaban J connectivity index is 2.89. The van der Waals surface area contributed by atoms with Crippen LogP contribution in [0.4, 0.5) is 5.69 Å². The van der Waals surface area contributed by atoms with Gasteiger partial charge in [0, 0.05) is 36.3 Å². The Labute approximate surface area is 138 Å². The molecule has 21 heavy (non-hydrogen) atoms. The van der Waals surface area contributed by atoms with E-state index >= 15 is 0 Å². The number of halogens is 1. The highest BCUT2D eigenvalue weighted by Crippen LogP contribution is 2.25. The van der Waals surface area contributed by atoms with Crippen molar-refractivity contribution in [3.8, 4) is 0 Å². The summed E-state index contributed by atoms with van der Waals surface area (Å²) in [6, 6.07) is 6.64. The predicted molar refractivity (Wildman–Crippen MR) is 97.2 cm³/mol. The van der Waals surface area contributed by atoms with Gasteiger partial charge in [0.25, 0.3) is 0 Å². The Morgan fingerprint density at radius 2 is 1.81 bits per heavy atom. The van der Waals surface area contributed by atoms with Gasteiger partial charge < -0.3 is 15.1 Å². The molecule has 0 saturated heterocycles. The summed E-state index contributed by atoms with van der Waals surface area (Å²) in [5.74, 6) is 0. The third-order valence-electron chi connectivity index (χ3n) is 3.44. The van der Waals surface area contributed by atoms with E-state index in [1.54, 1.807) is 0 Å². The first kappa shape index (κ1) is 18.5. The SMILES string of the molecule is CCCNCc1ccc(Br)cc1N(CCC)CCN(C)C. The molecule has 0 aliphatic carbocycles. The number of rotatable bonds is 10. The second-order valence-corrected chi connectivity index (χ2v) is 6.66. The van der Waals surface area contributed by atoms with E-state index < -0.39 is 0 Å². The topological polar surface area (TPSA) is 18.5 Å². The van der Waals surface area contributed by atoms with E-state index in [1.165, 1.54) is 24.1 Å². The van der Waals surface area contributed by atoms with Crippen molar-refractivity contribution in [3.05, 3.63) is 28.2 Å². The zero-order valence-corrected chi connectivity index (χ0v) is 15.5. The molecule has 3 nitrogen and oxygen atoms in total. The summed E-state index contributed by atoms with van der Waals surface area (Å²) in [7, 11) is 4.27. The molecule has 4 heteroatoms. The number of nitrogens with one attached hydrogen (secondary N) is 1. The van der Waals surface area contributed by atoms with Crippen molar-refractivity contribution >= 4 is 21.6 Å². The van der Waals surface area contributed by atoms with Crippen LogP contribution < -0.4 is 10.2 Å². The molecule has 0 saturated carbocycles. The first-order valence-electron chi connectivity index (χ1n) is 7.97. The van der Waals surface area contributed by atoms with Gasteiger partial charge in [0.05, 0.1) is 0 Å². The summed E-state index contributed by atoms with van der Waals surface area (Å²) in [6.45, 7) is 9.71. The highest BCUT2D eigenvalue weighted by molar-refractivity contribution is 9.10. The Kier molecular flexibility index (Phi) is 8.97. The molecule has 1 aromatic rings. The van der Waals surface area contributed by atoms with Gasteiger partial charge in [0.1, 0.15) is 0 Å². The summed E-state index contributed by atoms with van der Waals surface area (Å²) in [6.07, 6.45) is 2.34. The van der Waals surface area contributed by atoms with E-state index in [4.69, 9.17) is 0 Å². The Morgan fingerprint density at radius 3 is 2.43 bits per heavy atom. The van der Waals surface area contributed by atoms with Gasteiger partial charge in [-0.1, -0.05) is 35.8 Å². The van der Waals surface area contributed by atoms with Crippen molar-refractivity contribution in [3.63, 3.8) is 0 Å². The van der Waals surface area contributed by atoms with Crippen molar-refractivity contribution < 1.29 is 0 Å². The number of likely N-dealkylation sites (N-methyl/N-ethyl adjacent to an activating group) is 1. The molecule has 0 aliphatic rings. The van der Waals surface area contributed by atoms with E-state index in [2.05, 4.69) is 77.2 Å². The van der Waals surface area contributed by atoms with E-state index in [9.17, 15) is 0 Å². The van der Waals surface area contributed by atoms with Gasteiger partial charge in [-0.3, -0.25) is 0 Å². The van der Waals surface area contributed by atoms with Gasteiger partial charge in [0.15, 0.2) is 0 Å². The van der Waals surface area contributed by atoms with Gasteiger partial charge in [-0.15, -0.1) is 0 Å². The summed E-state index contributed by atoms with van der Waals surface area (Å²) in [4.78, 5) is 4.75. The predicted octanol–water partition coefficient (Wildman–Crippen LogP) is 3.73. The van der Waals surface area contributed by atoms with Gasteiger partial charge in [0.2, 0.25) is 0 Å². The summed E-state index contributed by atoms with van der Waals surface area (Å²) < 4.78 is 1.16. The van der Waals surface area contributed by atoms with Crippen LogP contribution in [0.1, 0.15) is 32.3 Å². The monoisotopic (exact) mass is 355 g/mol. The highest BCUT2D eigenvalue weighted by atomic mass is 79.9. The van der Waals surface area contributed by atoms with Crippen LogP contribution >= 0.6 is 15.9 Å². The minimum absolute atomic E-state index is 0.943. The fourth-order valence-electron chi connectivity index (χ4n) is 2.32. The Bertz CT molecular complexity index is 407. The molecular formula is C17H30BrN3. The minimum atomic E-state index is 0.943. The lowest BCUT2D eigenvalue weighted by molar-refractivity contribution is 0.412. The number of benzene rings is 1. The maximum Gasteiger partial charge on any atom is 0.0423 e. The second-order valence-electron chi connectivity index (χ2n) is 5.74. The molecule has 0 unspecified atom stereocenters. The lowest BCUT2D eigenvalue weighted by atomic mass is 10.1. The first-order chi connectivity index (χ1) is 10.1. The second kappa shape index (κ2) is 10.2. The van der Waals surface area contributed by atoms with Crippen molar-refractivity contribution in [1.82, 2.24) is 10.2 Å². The van der Waals surface area contributed by atoms with E-state index in [-0.39, 0.29) is 0 Å². The first-order valence-corrected chi connectivity index (χ1v) is 8.76. The third kappa shape index (κ3) is 6.81. The minimum Gasteiger partial charge on any atom is -0.370 e. The average molecular weight is 356 g/mol. The smallest absolute Gasteiger partial charge is 0.0423 e. The standard InChI is InChI=1S/C17H30BrN3/c1-5-9-19-14-15-7-8-16(18)13-17(15)21(10-6-2)12-11-20(3)4/h7-8,13,19H,5-6,9-12,14H2,1-4H3. The highest BCUT2D eigenvalue weighted by Gasteiger charge is 2.11. The summed E-state index contributed by atoms with van der Waals surface area (Å²) in [5, 5.41) is 3.52. The van der Waals surface area contributed by atoms with Gasteiger partial charge in [-0.05, 0) is 51.2 Å². The molecular weight excluding hydrogens is 326 g/mol. The molecule has 0 atom stereocenters. The molecule has 0 aromatic heterocycles. The molecule has 0 spiro atoms. The summed E-state index contributed by atoms with van der Waals surface area (Å²) in [5.41, 5.74) is 2.75. The molecule has 1 N–H and O–H groups in total. The number of hydrogen-bond acceptors (Lipinski definition) is 3. The zero-order valence-electron chi connectivity index (χ0n) is 14.0. The Morgan fingerprint density at radius 1 is 1.05 bits per heavy atom. The normalized spacial score (nSPS) is 11.1. The fourth-order valence-corrected chi connectivity index (χ4v) is 2.67. The molecule has 0 fully saturated rings. The van der Waals surface area contributed by atoms with Crippen LogP contribution in [0, 0.1) is 0 Å². The van der Waals surface area contributed by atoms with Crippen molar-refractivity contribution in [2.24, 2.45) is 0 Å². The van der Waals surface area contributed by atoms with Crippen LogP contribution in [-0.4, -0.2) is 45.2 Å². The van der Waals surface area contributed by atoms with Gasteiger partial charge >= 0.3 is 0 Å². The maximum absolute atomic E-state index is 3.62. The Hall–Kier alpha value is -0.580. The third-order valence-corrected chi connectivity index (χ3v) is 3.93. The molecule has 0 aliphatic heterocycles. The van der Waals surface area contributed by atoms with E-state index in [0.29, 0.717) is 0 Å². The number of nitrogens with zero attached hydrogens (tertiary/aromatic N) is 2. The van der Waals surface area contributed by atoms with Crippen LogP contribution in [-0.2, 0) is 6.54 Å². The van der Waals surface area contributed by atoms with Gasteiger partial charge in [-0.25, -0.2) is 0 Å². The van der Waals surface area contributed by atoms with Crippen molar-refractivity contribution in [1.29, 1.82) is 0 Å². The largest absolute Gasteiger partial charge is 0.370 e. The molecule has 120 valence electrons. The molecule has 0 radical (unpaired) electrons. The van der Waals surface area contributed by atoms with Crippen LogP contribution in [0.3, 0.4) is 0 Å². The lowest BCUT2D eigenvalue weighted by Gasteiger charge is -2.28. The number of hydrogen-bond donors (Lipinski definition) is 1. The van der Waals surface area contributed by atoms with Crippen LogP contribution in [0.5, 0.6) is 0 Å². The molecule has 0 amide bonds. The van der Waals surface area contributed by atoms with Crippen LogP contribution in [0.2, 0.25) is 0 Å². The number of anilines is 1. The zero-order chi connectivity index (χ0) is 15.7. The van der Waals surface area contributed by atoms with Crippen molar-refractivity contribution in [2.45, 2.75) is 33.2 Å². The molecule has 1 aromatic carbocycles. The molecule has 1 rings (SSSR count). The average Bonchev–Trinajstić information content (AvgIpc) is 2.45. The van der Waals surface area contributed by atoms with Crippen LogP contribution in [0.25, 0.3) is 0 Å². The quantitative estimate of drug-likeness (QED) is 0.645. The molecule has 0 heterocycles.